The van der Waals surface area contributed by atoms with Crippen LogP contribution in [0.15, 0.2) is 17.0 Å². The zero-order valence-corrected chi connectivity index (χ0v) is 10.8. The van der Waals surface area contributed by atoms with Crippen LogP contribution in [0, 0.1) is 24.1 Å². The van der Waals surface area contributed by atoms with Crippen LogP contribution in [0.2, 0.25) is 0 Å². The fraction of sp³-hybridized carbons (Fsp3) is 0.273. The molecule has 0 saturated heterocycles. The maximum atomic E-state index is 13.5. The van der Waals surface area contributed by atoms with Crippen LogP contribution in [0.3, 0.4) is 0 Å². The fourth-order valence-electron chi connectivity index (χ4n) is 1.37. The minimum absolute atomic E-state index is 0.0226. The van der Waals surface area contributed by atoms with Gasteiger partial charge in [0.05, 0.1) is 16.5 Å². The number of aromatic carboxylic acids is 1. The normalized spacial score (nSPS) is 11.0. The third kappa shape index (κ3) is 3.49. The zero-order chi connectivity index (χ0) is 14.6. The molecule has 0 aliphatic heterocycles. The second-order valence-corrected chi connectivity index (χ2v) is 5.48. The van der Waals surface area contributed by atoms with Crippen molar-refractivity contribution in [1.29, 1.82) is 5.26 Å². The summed E-state index contributed by atoms with van der Waals surface area (Å²) < 4.78 is 39.2. The summed E-state index contributed by atoms with van der Waals surface area (Å²) in [5, 5.41) is 17.1. The first-order valence-electron chi connectivity index (χ1n) is 5.19. The molecule has 0 aliphatic rings. The van der Waals surface area contributed by atoms with Crippen LogP contribution >= 0.6 is 0 Å². The quantitative estimate of drug-likeness (QED) is 0.786. The lowest BCUT2D eigenvalue weighted by molar-refractivity contribution is 0.0691. The maximum Gasteiger partial charge on any atom is 0.338 e. The SMILES string of the molecule is Cc1cc(S(=O)(=O)NCCC#N)cc(C(=O)O)c1F. The van der Waals surface area contributed by atoms with Crippen molar-refractivity contribution in [2.45, 2.75) is 18.2 Å². The minimum atomic E-state index is -3.96. The molecule has 0 aliphatic carbocycles. The molecule has 102 valence electrons. The van der Waals surface area contributed by atoms with Crippen LogP contribution in [-0.4, -0.2) is 26.0 Å². The highest BCUT2D eigenvalue weighted by Gasteiger charge is 2.20. The molecule has 0 spiro atoms. The number of aryl methyl sites for hydroxylation is 1. The van der Waals surface area contributed by atoms with Gasteiger partial charge in [-0.15, -0.1) is 0 Å². The molecule has 0 bridgehead atoms. The largest absolute Gasteiger partial charge is 0.478 e. The maximum absolute atomic E-state index is 13.5. The molecule has 1 rings (SSSR count). The molecule has 0 fully saturated rings. The van der Waals surface area contributed by atoms with Gasteiger partial charge in [0.2, 0.25) is 10.0 Å². The number of halogens is 1. The fourth-order valence-corrected chi connectivity index (χ4v) is 2.51. The first kappa shape index (κ1) is 15.1. The van der Waals surface area contributed by atoms with Crippen LogP contribution in [-0.2, 0) is 10.0 Å². The minimum Gasteiger partial charge on any atom is -0.478 e. The molecule has 0 unspecified atom stereocenters. The summed E-state index contributed by atoms with van der Waals surface area (Å²) in [5.41, 5.74) is -0.791. The van der Waals surface area contributed by atoms with Crippen LogP contribution in [0.25, 0.3) is 0 Å². The van der Waals surface area contributed by atoms with E-state index in [4.69, 9.17) is 10.4 Å². The Morgan fingerprint density at radius 2 is 2.16 bits per heavy atom. The van der Waals surface area contributed by atoms with Gasteiger partial charge in [0.1, 0.15) is 5.82 Å². The summed E-state index contributed by atoms with van der Waals surface area (Å²) >= 11 is 0. The Bertz CT molecular complexity index is 649. The second kappa shape index (κ2) is 5.77. The molecule has 0 heterocycles. The third-order valence-corrected chi connectivity index (χ3v) is 3.74. The van der Waals surface area contributed by atoms with Gasteiger partial charge < -0.3 is 5.11 Å². The van der Waals surface area contributed by atoms with Crippen LogP contribution in [0.5, 0.6) is 0 Å². The summed E-state index contributed by atoms with van der Waals surface area (Å²) in [6, 6.07) is 3.55. The molecule has 0 aromatic heterocycles. The Hall–Kier alpha value is -1.98. The second-order valence-electron chi connectivity index (χ2n) is 3.71. The predicted octanol–water partition coefficient (Wildman–Crippen LogP) is 1.02. The van der Waals surface area contributed by atoms with Gasteiger partial charge in [-0.05, 0) is 24.6 Å². The molecule has 2 N–H and O–H groups in total. The van der Waals surface area contributed by atoms with Crippen molar-refractivity contribution in [1.82, 2.24) is 4.72 Å². The van der Waals surface area contributed by atoms with Gasteiger partial charge in [0.25, 0.3) is 0 Å². The van der Waals surface area contributed by atoms with Gasteiger partial charge in [0, 0.05) is 13.0 Å². The first-order chi connectivity index (χ1) is 8.79. The number of hydrogen-bond acceptors (Lipinski definition) is 4. The molecule has 0 radical (unpaired) electrons. The van der Waals surface area contributed by atoms with Crippen molar-refractivity contribution >= 4 is 16.0 Å². The molecular weight excluding hydrogens is 275 g/mol. The lowest BCUT2D eigenvalue weighted by Crippen LogP contribution is -2.25. The average Bonchev–Trinajstić information content (AvgIpc) is 2.32. The van der Waals surface area contributed by atoms with E-state index in [9.17, 15) is 17.6 Å². The number of hydrogen-bond donors (Lipinski definition) is 2. The number of nitriles is 1. The average molecular weight is 286 g/mol. The lowest BCUT2D eigenvalue weighted by Gasteiger charge is -2.08. The summed E-state index contributed by atoms with van der Waals surface area (Å²) in [6.07, 6.45) is -0.0226. The van der Waals surface area contributed by atoms with Crippen LogP contribution < -0.4 is 4.72 Å². The number of carboxylic acids is 1. The Morgan fingerprint density at radius 3 is 2.68 bits per heavy atom. The summed E-state index contributed by atoms with van der Waals surface area (Å²) in [6.45, 7) is 1.17. The Balaban J connectivity index is 3.22. The van der Waals surface area contributed by atoms with E-state index in [1.165, 1.54) is 6.92 Å². The summed E-state index contributed by atoms with van der Waals surface area (Å²) in [7, 11) is -3.96. The molecule has 8 heteroatoms. The summed E-state index contributed by atoms with van der Waals surface area (Å²) in [4.78, 5) is 10.5. The number of benzene rings is 1. The standard InChI is InChI=1S/C11H11FN2O4S/c1-7-5-8(6-9(10(7)12)11(15)16)19(17,18)14-4-2-3-13/h5-6,14H,2,4H2,1H3,(H,15,16). The van der Waals surface area contributed by atoms with Gasteiger partial charge in [-0.1, -0.05) is 0 Å². The smallest absolute Gasteiger partial charge is 0.338 e. The Labute approximate surface area is 109 Å². The van der Waals surface area contributed by atoms with Crippen molar-refractivity contribution in [2.75, 3.05) is 6.54 Å². The monoisotopic (exact) mass is 286 g/mol. The van der Waals surface area contributed by atoms with Gasteiger partial charge >= 0.3 is 5.97 Å². The number of sulfonamides is 1. The molecule has 0 atom stereocenters. The van der Waals surface area contributed by atoms with E-state index >= 15 is 0 Å². The highest BCUT2D eigenvalue weighted by molar-refractivity contribution is 7.89. The van der Waals surface area contributed by atoms with E-state index in [1.54, 1.807) is 6.07 Å². The van der Waals surface area contributed by atoms with E-state index in [2.05, 4.69) is 4.72 Å². The van der Waals surface area contributed by atoms with Crippen molar-refractivity contribution in [3.05, 3.63) is 29.1 Å². The van der Waals surface area contributed by atoms with Gasteiger partial charge in [-0.3, -0.25) is 0 Å². The van der Waals surface area contributed by atoms with E-state index in [1.807, 2.05) is 0 Å². The number of carbonyl (C=O) groups is 1. The first-order valence-corrected chi connectivity index (χ1v) is 6.68. The lowest BCUT2D eigenvalue weighted by atomic mass is 10.1. The molecule has 1 aromatic rings. The number of nitrogens with zero attached hydrogens (tertiary/aromatic N) is 1. The van der Waals surface area contributed by atoms with E-state index < -0.39 is 27.4 Å². The number of rotatable bonds is 5. The van der Waals surface area contributed by atoms with Gasteiger partial charge in [-0.25, -0.2) is 22.3 Å². The van der Waals surface area contributed by atoms with Gasteiger partial charge in [0.15, 0.2) is 0 Å². The molecule has 1 aromatic carbocycles. The molecular formula is C11H11FN2O4S. The van der Waals surface area contributed by atoms with Crippen molar-refractivity contribution in [3.8, 4) is 6.07 Å². The van der Waals surface area contributed by atoms with E-state index in [0.717, 1.165) is 12.1 Å². The van der Waals surface area contributed by atoms with Crippen molar-refractivity contribution in [2.24, 2.45) is 0 Å². The molecule has 0 amide bonds. The molecule has 0 saturated carbocycles. The summed E-state index contributed by atoms with van der Waals surface area (Å²) in [5.74, 6) is -2.52. The van der Waals surface area contributed by atoms with E-state index in [-0.39, 0.29) is 23.4 Å². The molecule has 19 heavy (non-hydrogen) atoms. The third-order valence-electron chi connectivity index (χ3n) is 2.30. The van der Waals surface area contributed by atoms with Gasteiger partial charge in [-0.2, -0.15) is 5.26 Å². The van der Waals surface area contributed by atoms with Crippen LogP contribution in [0.4, 0.5) is 4.39 Å². The number of nitrogens with one attached hydrogen (secondary N) is 1. The van der Waals surface area contributed by atoms with Crippen LogP contribution in [0.1, 0.15) is 22.3 Å². The Kier molecular flexibility index (Phi) is 4.58. The predicted molar refractivity (Wildman–Crippen MR) is 63.5 cm³/mol. The highest BCUT2D eigenvalue weighted by atomic mass is 32.2. The molecule has 6 nitrogen and oxygen atoms in total. The van der Waals surface area contributed by atoms with E-state index in [0.29, 0.717) is 0 Å². The van der Waals surface area contributed by atoms with Crippen molar-refractivity contribution in [3.63, 3.8) is 0 Å². The zero-order valence-electron chi connectivity index (χ0n) is 9.97. The highest BCUT2D eigenvalue weighted by Crippen LogP contribution is 2.19. The number of carboxylic acid groups (broad SMARTS) is 1. The topological polar surface area (TPSA) is 107 Å². The van der Waals surface area contributed by atoms with Crippen molar-refractivity contribution < 1.29 is 22.7 Å². The Morgan fingerprint density at radius 1 is 1.53 bits per heavy atom.